The van der Waals surface area contributed by atoms with Crippen molar-refractivity contribution in [3.05, 3.63) is 112 Å². The van der Waals surface area contributed by atoms with Gasteiger partial charge in [0.2, 0.25) is 0 Å². The van der Waals surface area contributed by atoms with E-state index >= 15 is 0 Å². The standard InChI is InChI=1S/C29H29ClN4OS/c1-18-16-23(20(3)34(18)26-10-7-8-24(30)19(26)2)28-27(25-9-5-6-15-31-25)32-29(36)33(28)17-21-11-13-22(35-4)14-12-21/h5-16,27-28H,17H2,1-4H3,(H,32,36)/t27-,28-/m0/s1. The number of halogens is 1. The summed E-state index contributed by atoms with van der Waals surface area (Å²) in [6, 6.07) is 22.4. The third-order valence-electron chi connectivity index (χ3n) is 6.98. The van der Waals surface area contributed by atoms with Gasteiger partial charge in [-0.25, -0.2) is 0 Å². The maximum Gasteiger partial charge on any atom is 0.170 e. The zero-order valence-electron chi connectivity index (χ0n) is 20.8. The summed E-state index contributed by atoms with van der Waals surface area (Å²) in [5.41, 5.74) is 7.79. The SMILES string of the molecule is COc1ccc(CN2C(=S)N[C@@H](c3ccccn3)[C@@H]2c2cc(C)n(-c3cccc(Cl)c3C)c2C)cc1. The normalized spacial score (nSPS) is 17.4. The summed E-state index contributed by atoms with van der Waals surface area (Å²) >= 11 is 12.4. The second-order valence-corrected chi connectivity index (χ2v) is 9.94. The molecule has 2 aromatic carbocycles. The van der Waals surface area contributed by atoms with Crippen LogP contribution >= 0.6 is 23.8 Å². The first-order chi connectivity index (χ1) is 17.4. The van der Waals surface area contributed by atoms with Gasteiger partial charge in [0, 0.05) is 34.8 Å². The summed E-state index contributed by atoms with van der Waals surface area (Å²) in [6.45, 7) is 7.05. The first-order valence-electron chi connectivity index (χ1n) is 11.9. The van der Waals surface area contributed by atoms with Gasteiger partial charge in [-0.05, 0) is 92.1 Å². The Morgan fingerprint density at radius 3 is 2.50 bits per heavy atom. The maximum absolute atomic E-state index is 6.49. The molecule has 5 nitrogen and oxygen atoms in total. The van der Waals surface area contributed by atoms with E-state index in [4.69, 9.17) is 28.6 Å². The number of methoxy groups -OCH3 is 1. The Morgan fingerprint density at radius 1 is 1.03 bits per heavy atom. The van der Waals surface area contributed by atoms with Crippen LogP contribution in [0.4, 0.5) is 0 Å². The lowest BCUT2D eigenvalue weighted by molar-refractivity contribution is 0.310. The van der Waals surface area contributed by atoms with Crippen LogP contribution in [0.2, 0.25) is 5.02 Å². The minimum Gasteiger partial charge on any atom is -0.497 e. The number of rotatable bonds is 6. The van der Waals surface area contributed by atoms with Gasteiger partial charge in [0.05, 0.1) is 24.9 Å². The van der Waals surface area contributed by atoms with Crippen LogP contribution in [0.15, 0.2) is 72.9 Å². The van der Waals surface area contributed by atoms with Gasteiger partial charge in [0.1, 0.15) is 5.75 Å². The molecular formula is C29H29ClN4OS. The van der Waals surface area contributed by atoms with Crippen molar-refractivity contribution in [2.24, 2.45) is 0 Å². The molecule has 0 saturated carbocycles. The minimum absolute atomic E-state index is 0.0334. The molecule has 36 heavy (non-hydrogen) atoms. The number of ether oxygens (including phenoxy) is 1. The van der Waals surface area contributed by atoms with Crippen LogP contribution in [-0.2, 0) is 6.54 Å². The summed E-state index contributed by atoms with van der Waals surface area (Å²) in [5, 5.41) is 5.05. The Hall–Kier alpha value is -3.35. The Labute approximate surface area is 222 Å². The van der Waals surface area contributed by atoms with Crippen molar-refractivity contribution in [2.75, 3.05) is 7.11 Å². The maximum atomic E-state index is 6.49. The van der Waals surface area contributed by atoms with Gasteiger partial charge >= 0.3 is 0 Å². The van der Waals surface area contributed by atoms with Crippen molar-refractivity contribution < 1.29 is 4.74 Å². The molecule has 3 heterocycles. The van der Waals surface area contributed by atoms with Gasteiger partial charge in [-0.3, -0.25) is 4.98 Å². The van der Waals surface area contributed by atoms with Crippen molar-refractivity contribution in [1.82, 2.24) is 19.8 Å². The molecule has 1 aliphatic rings. The molecule has 5 rings (SSSR count). The minimum atomic E-state index is -0.0774. The molecule has 0 unspecified atom stereocenters. The number of aromatic nitrogens is 2. The topological polar surface area (TPSA) is 42.3 Å². The highest BCUT2D eigenvalue weighted by Gasteiger charge is 2.41. The third-order valence-corrected chi connectivity index (χ3v) is 7.74. The third kappa shape index (κ3) is 4.36. The van der Waals surface area contributed by atoms with Crippen LogP contribution in [0.25, 0.3) is 5.69 Å². The van der Waals surface area contributed by atoms with E-state index < -0.39 is 0 Å². The molecule has 184 valence electrons. The van der Waals surface area contributed by atoms with Crippen LogP contribution in [0.5, 0.6) is 5.75 Å². The second kappa shape index (κ2) is 9.96. The van der Waals surface area contributed by atoms with E-state index in [9.17, 15) is 0 Å². The molecule has 0 spiro atoms. The number of benzene rings is 2. The molecule has 1 N–H and O–H groups in total. The quantitative estimate of drug-likeness (QED) is 0.291. The highest BCUT2D eigenvalue weighted by atomic mass is 35.5. The fourth-order valence-corrected chi connectivity index (χ4v) is 5.61. The summed E-state index contributed by atoms with van der Waals surface area (Å²) in [6.07, 6.45) is 1.84. The molecule has 0 amide bonds. The summed E-state index contributed by atoms with van der Waals surface area (Å²) in [4.78, 5) is 6.96. The number of nitrogens with zero attached hydrogens (tertiary/aromatic N) is 3. The fourth-order valence-electron chi connectivity index (χ4n) is 5.14. The first-order valence-corrected chi connectivity index (χ1v) is 12.7. The predicted octanol–water partition coefficient (Wildman–Crippen LogP) is 6.63. The molecule has 1 fully saturated rings. The highest BCUT2D eigenvalue weighted by Crippen LogP contribution is 2.42. The Kier molecular flexibility index (Phi) is 6.73. The van der Waals surface area contributed by atoms with Gasteiger partial charge in [-0.2, -0.15) is 0 Å². The molecule has 2 atom stereocenters. The molecule has 0 radical (unpaired) electrons. The number of nitrogens with one attached hydrogen (secondary N) is 1. The second-order valence-electron chi connectivity index (χ2n) is 9.15. The monoisotopic (exact) mass is 516 g/mol. The molecular weight excluding hydrogens is 488 g/mol. The van der Waals surface area contributed by atoms with Gasteiger partial charge in [0.25, 0.3) is 0 Å². The van der Waals surface area contributed by atoms with Gasteiger partial charge in [-0.15, -0.1) is 0 Å². The van der Waals surface area contributed by atoms with Crippen LogP contribution in [0.3, 0.4) is 0 Å². The average molecular weight is 517 g/mol. The first kappa shape index (κ1) is 24.3. The molecule has 0 aliphatic carbocycles. The van der Waals surface area contributed by atoms with Gasteiger partial charge < -0.3 is 19.5 Å². The van der Waals surface area contributed by atoms with Crippen molar-refractivity contribution >= 4 is 28.9 Å². The van der Waals surface area contributed by atoms with Crippen molar-refractivity contribution in [3.8, 4) is 11.4 Å². The lowest BCUT2D eigenvalue weighted by Gasteiger charge is -2.28. The molecule has 7 heteroatoms. The molecule has 4 aromatic rings. The van der Waals surface area contributed by atoms with Crippen molar-refractivity contribution in [3.63, 3.8) is 0 Å². The summed E-state index contributed by atoms with van der Waals surface area (Å²) in [5.74, 6) is 0.837. The van der Waals surface area contributed by atoms with Crippen LogP contribution < -0.4 is 10.1 Å². The number of pyridine rings is 1. The Balaban J connectivity index is 1.61. The number of thiocarbonyl (C=S) groups is 1. The molecule has 0 bridgehead atoms. The largest absolute Gasteiger partial charge is 0.497 e. The average Bonchev–Trinajstić information content (AvgIpc) is 3.36. The van der Waals surface area contributed by atoms with Crippen molar-refractivity contribution in [2.45, 2.75) is 39.4 Å². The van der Waals surface area contributed by atoms with E-state index in [0.29, 0.717) is 6.54 Å². The fraction of sp³-hybridized carbons (Fsp3) is 0.241. The summed E-state index contributed by atoms with van der Waals surface area (Å²) in [7, 11) is 1.68. The lowest BCUT2D eigenvalue weighted by atomic mass is 9.96. The zero-order valence-corrected chi connectivity index (χ0v) is 22.4. The Bertz CT molecular complexity index is 1400. The van der Waals surface area contributed by atoms with E-state index in [1.54, 1.807) is 7.11 Å². The highest BCUT2D eigenvalue weighted by molar-refractivity contribution is 7.80. The van der Waals surface area contributed by atoms with E-state index in [-0.39, 0.29) is 12.1 Å². The van der Waals surface area contributed by atoms with Gasteiger partial charge in [0.15, 0.2) is 5.11 Å². The number of hydrogen-bond acceptors (Lipinski definition) is 3. The van der Waals surface area contributed by atoms with E-state index in [1.807, 2.05) is 42.6 Å². The zero-order chi connectivity index (χ0) is 25.4. The molecule has 2 aromatic heterocycles. The number of aryl methyl sites for hydroxylation is 1. The predicted molar refractivity (Wildman–Crippen MR) is 149 cm³/mol. The van der Waals surface area contributed by atoms with Crippen LogP contribution in [0, 0.1) is 20.8 Å². The summed E-state index contributed by atoms with van der Waals surface area (Å²) < 4.78 is 7.64. The van der Waals surface area contributed by atoms with E-state index in [1.165, 1.54) is 5.56 Å². The smallest absolute Gasteiger partial charge is 0.170 e. The van der Waals surface area contributed by atoms with Crippen LogP contribution in [0.1, 0.15) is 45.9 Å². The van der Waals surface area contributed by atoms with Crippen LogP contribution in [-0.4, -0.2) is 26.7 Å². The van der Waals surface area contributed by atoms with Crippen molar-refractivity contribution in [1.29, 1.82) is 0 Å². The lowest BCUT2D eigenvalue weighted by Crippen LogP contribution is -2.29. The van der Waals surface area contributed by atoms with E-state index in [2.05, 4.69) is 70.9 Å². The molecule has 1 saturated heterocycles. The van der Waals surface area contributed by atoms with Gasteiger partial charge in [-0.1, -0.05) is 35.9 Å². The number of hydrogen-bond donors (Lipinski definition) is 1. The van der Waals surface area contributed by atoms with E-state index in [0.717, 1.165) is 49.8 Å². The Morgan fingerprint density at radius 2 is 1.81 bits per heavy atom. The molecule has 1 aliphatic heterocycles.